The van der Waals surface area contributed by atoms with E-state index in [1.54, 1.807) is 6.08 Å². The average Bonchev–Trinajstić information content (AvgIpc) is 3.25. The van der Waals surface area contributed by atoms with Gasteiger partial charge in [0.1, 0.15) is 11.9 Å². The molecular formula is C24H35N3O3. The lowest BCUT2D eigenvalue weighted by atomic mass is 9.73. The number of hydrogen-bond donors (Lipinski definition) is 2. The SMILES string of the molecule is C=Cc1ccc(N2CCC3(CC2)OCC[C@@](C)(NC(=O)CC2CCCC2)[C@@H]3O)nc1. The van der Waals surface area contributed by atoms with Crippen LogP contribution in [0.5, 0.6) is 0 Å². The minimum Gasteiger partial charge on any atom is -0.388 e. The van der Waals surface area contributed by atoms with Gasteiger partial charge in [0.15, 0.2) is 0 Å². The third-order valence-corrected chi connectivity index (χ3v) is 7.43. The number of aromatic nitrogens is 1. The summed E-state index contributed by atoms with van der Waals surface area (Å²) in [6, 6.07) is 4.03. The largest absolute Gasteiger partial charge is 0.388 e. The number of anilines is 1. The van der Waals surface area contributed by atoms with Crippen molar-refractivity contribution in [2.24, 2.45) is 5.92 Å². The van der Waals surface area contributed by atoms with E-state index in [0.29, 0.717) is 38.2 Å². The van der Waals surface area contributed by atoms with Crippen LogP contribution in [0.25, 0.3) is 6.08 Å². The van der Waals surface area contributed by atoms with Gasteiger partial charge in [0.2, 0.25) is 5.91 Å². The van der Waals surface area contributed by atoms with E-state index in [1.807, 2.05) is 25.3 Å². The molecular weight excluding hydrogens is 378 g/mol. The normalized spacial score (nSPS) is 29.1. The fraction of sp³-hybridized carbons (Fsp3) is 0.667. The van der Waals surface area contributed by atoms with Crippen LogP contribution in [0.15, 0.2) is 24.9 Å². The van der Waals surface area contributed by atoms with E-state index >= 15 is 0 Å². The van der Waals surface area contributed by atoms with Crippen molar-refractivity contribution in [3.05, 3.63) is 30.5 Å². The van der Waals surface area contributed by atoms with Gasteiger partial charge in [0.05, 0.1) is 11.1 Å². The highest BCUT2D eigenvalue weighted by Gasteiger charge is 2.53. The number of piperidine rings is 1. The number of pyridine rings is 1. The molecule has 6 nitrogen and oxygen atoms in total. The van der Waals surface area contributed by atoms with E-state index < -0.39 is 17.2 Å². The predicted octanol–water partition coefficient (Wildman–Crippen LogP) is 3.30. The fourth-order valence-electron chi connectivity index (χ4n) is 5.48. The maximum Gasteiger partial charge on any atom is 0.220 e. The summed E-state index contributed by atoms with van der Waals surface area (Å²) in [5, 5.41) is 14.5. The molecule has 164 valence electrons. The second-order valence-electron chi connectivity index (χ2n) is 9.53. The smallest absolute Gasteiger partial charge is 0.220 e. The molecule has 2 N–H and O–H groups in total. The van der Waals surface area contributed by atoms with Gasteiger partial charge in [-0.3, -0.25) is 4.79 Å². The Morgan fingerprint density at radius 3 is 2.70 bits per heavy atom. The number of aliphatic hydroxyl groups excluding tert-OH is 1. The van der Waals surface area contributed by atoms with Crippen LogP contribution < -0.4 is 10.2 Å². The lowest BCUT2D eigenvalue weighted by Gasteiger charge is -2.53. The molecule has 0 unspecified atom stereocenters. The molecule has 2 aliphatic heterocycles. The fourth-order valence-corrected chi connectivity index (χ4v) is 5.48. The van der Waals surface area contributed by atoms with Gasteiger partial charge >= 0.3 is 0 Å². The molecule has 0 aromatic carbocycles. The Balaban J connectivity index is 1.39. The lowest BCUT2D eigenvalue weighted by molar-refractivity contribution is -0.198. The third kappa shape index (κ3) is 4.26. The highest BCUT2D eigenvalue weighted by molar-refractivity contribution is 5.77. The first-order valence-corrected chi connectivity index (χ1v) is 11.4. The number of carbonyl (C=O) groups is 1. The summed E-state index contributed by atoms with van der Waals surface area (Å²) < 4.78 is 6.19. The van der Waals surface area contributed by atoms with E-state index in [0.717, 1.165) is 37.3 Å². The van der Waals surface area contributed by atoms with Gasteiger partial charge in [-0.25, -0.2) is 4.98 Å². The van der Waals surface area contributed by atoms with Crippen LogP contribution in [-0.2, 0) is 9.53 Å². The number of hydrogen-bond acceptors (Lipinski definition) is 5. The second-order valence-corrected chi connectivity index (χ2v) is 9.53. The first-order chi connectivity index (χ1) is 14.4. The van der Waals surface area contributed by atoms with Crippen LogP contribution in [0.2, 0.25) is 0 Å². The quantitative estimate of drug-likeness (QED) is 0.775. The summed E-state index contributed by atoms with van der Waals surface area (Å²) in [5.41, 5.74) is -0.243. The summed E-state index contributed by atoms with van der Waals surface area (Å²) >= 11 is 0. The number of nitrogens with one attached hydrogen (secondary N) is 1. The van der Waals surface area contributed by atoms with Gasteiger partial charge in [-0.15, -0.1) is 0 Å². The van der Waals surface area contributed by atoms with E-state index in [9.17, 15) is 9.90 Å². The molecule has 6 heteroatoms. The van der Waals surface area contributed by atoms with E-state index in [1.165, 1.54) is 12.8 Å². The van der Waals surface area contributed by atoms with Crippen molar-refractivity contribution in [1.29, 1.82) is 0 Å². The monoisotopic (exact) mass is 413 g/mol. The first kappa shape index (κ1) is 21.3. The molecule has 0 radical (unpaired) electrons. The predicted molar refractivity (Wildman–Crippen MR) is 118 cm³/mol. The summed E-state index contributed by atoms with van der Waals surface area (Å²) in [7, 11) is 0. The first-order valence-electron chi connectivity index (χ1n) is 11.4. The van der Waals surface area contributed by atoms with Gasteiger partial charge in [-0.2, -0.15) is 0 Å². The second kappa shape index (κ2) is 8.67. The van der Waals surface area contributed by atoms with Gasteiger partial charge in [0.25, 0.3) is 0 Å². The molecule has 1 aromatic rings. The van der Waals surface area contributed by atoms with Crippen LogP contribution in [0.4, 0.5) is 5.82 Å². The van der Waals surface area contributed by atoms with Gasteiger partial charge < -0.3 is 20.1 Å². The average molecular weight is 414 g/mol. The highest BCUT2D eigenvalue weighted by Crippen LogP contribution is 2.40. The molecule has 4 rings (SSSR count). The maximum absolute atomic E-state index is 12.7. The Labute approximate surface area is 179 Å². The number of rotatable bonds is 5. The molecule has 3 heterocycles. The molecule has 1 saturated carbocycles. The van der Waals surface area contributed by atoms with E-state index in [2.05, 4.69) is 21.8 Å². The number of aliphatic hydroxyl groups is 1. The standard InChI is InChI=1S/C24H35N3O3/c1-3-18-8-9-20(25-17-18)27-13-10-24(11-14-27)22(29)23(2,12-15-30-24)26-21(28)16-19-6-4-5-7-19/h3,8-9,17,19,22,29H,1,4-7,10-16H2,2H3,(H,26,28)/t22-,23+/m0/s1. The van der Waals surface area contributed by atoms with E-state index in [4.69, 9.17) is 4.74 Å². The molecule has 3 fully saturated rings. The van der Waals surface area contributed by atoms with Crippen LogP contribution in [-0.4, -0.2) is 52.9 Å². The third-order valence-electron chi connectivity index (χ3n) is 7.43. The summed E-state index contributed by atoms with van der Waals surface area (Å²) in [6.45, 7) is 7.85. The van der Waals surface area contributed by atoms with Crippen molar-refractivity contribution in [3.8, 4) is 0 Å². The topological polar surface area (TPSA) is 74.7 Å². The van der Waals surface area contributed by atoms with Crippen LogP contribution in [0.1, 0.15) is 63.9 Å². The number of nitrogens with zero attached hydrogens (tertiary/aromatic N) is 2. The Morgan fingerprint density at radius 1 is 1.33 bits per heavy atom. The van der Waals surface area contributed by atoms with Crippen LogP contribution in [0, 0.1) is 5.92 Å². The molecule has 3 aliphatic rings. The molecule has 30 heavy (non-hydrogen) atoms. The van der Waals surface area contributed by atoms with Gasteiger partial charge in [-0.05, 0) is 62.6 Å². The van der Waals surface area contributed by atoms with Gasteiger partial charge in [0, 0.05) is 32.3 Å². The van der Waals surface area contributed by atoms with Crippen molar-refractivity contribution < 1.29 is 14.6 Å². The maximum atomic E-state index is 12.7. The van der Waals surface area contributed by atoms with Crippen molar-refractivity contribution in [2.75, 3.05) is 24.6 Å². The molecule has 1 aromatic heterocycles. The summed E-state index contributed by atoms with van der Waals surface area (Å²) in [5.74, 6) is 1.51. The number of carbonyl (C=O) groups excluding carboxylic acids is 1. The zero-order valence-corrected chi connectivity index (χ0v) is 18.1. The molecule has 1 spiro atoms. The van der Waals surface area contributed by atoms with Crippen molar-refractivity contribution in [2.45, 2.75) is 75.5 Å². The van der Waals surface area contributed by atoms with Crippen molar-refractivity contribution >= 4 is 17.8 Å². The lowest BCUT2D eigenvalue weighted by Crippen LogP contribution is -2.69. The Bertz CT molecular complexity index is 751. The molecule has 2 saturated heterocycles. The van der Waals surface area contributed by atoms with Crippen LogP contribution >= 0.6 is 0 Å². The van der Waals surface area contributed by atoms with Crippen molar-refractivity contribution in [3.63, 3.8) is 0 Å². The Morgan fingerprint density at radius 2 is 2.07 bits per heavy atom. The highest BCUT2D eigenvalue weighted by atomic mass is 16.5. The van der Waals surface area contributed by atoms with Gasteiger partial charge in [-0.1, -0.05) is 25.5 Å². The Hall–Kier alpha value is -1.92. The summed E-state index contributed by atoms with van der Waals surface area (Å²) in [6.07, 6.45) is 10.3. The minimum atomic E-state index is -0.718. The molecule has 2 atom stereocenters. The zero-order valence-electron chi connectivity index (χ0n) is 18.1. The molecule has 1 amide bonds. The zero-order chi connectivity index (χ0) is 21.2. The Kier molecular flexibility index (Phi) is 6.16. The number of amides is 1. The van der Waals surface area contributed by atoms with Crippen molar-refractivity contribution in [1.82, 2.24) is 10.3 Å². The van der Waals surface area contributed by atoms with E-state index in [-0.39, 0.29) is 5.91 Å². The number of ether oxygens (including phenoxy) is 1. The summed E-state index contributed by atoms with van der Waals surface area (Å²) in [4.78, 5) is 19.5. The van der Waals surface area contributed by atoms with Crippen LogP contribution in [0.3, 0.4) is 0 Å². The minimum absolute atomic E-state index is 0.0736. The molecule has 0 bridgehead atoms. The molecule has 1 aliphatic carbocycles.